The number of nitrogens with zero attached hydrogens (tertiary/aromatic N) is 2. The SMILES string of the molecule is Cc1c2c(cc3nc4cc5c(cc4oc13)nc1ccccc15)Oc1cc3c(cc1N2)-c1ccccc1C3. The van der Waals surface area contributed by atoms with Crippen molar-refractivity contribution in [3.8, 4) is 22.6 Å². The van der Waals surface area contributed by atoms with E-state index in [0.717, 1.165) is 78.9 Å². The van der Waals surface area contributed by atoms with Gasteiger partial charge in [0.1, 0.15) is 11.0 Å². The molecule has 1 N–H and O–H groups in total. The van der Waals surface area contributed by atoms with Crippen LogP contribution in [-0.4, -0.2) is 9.97 Å². The third kappa shape index (κ3) is 2.58. The van der Waals surface area contributed by atoms with E-state index in [-0.39, 0.29) is 0 Å². The molecule has 3 heterocycles. The van der Waals surface area contributed by atoms with E-state index < -0.39 is 0 Å². The molecule has 5 heteroatoms. The fourth-order valence-electron chi connectivity index (χ4n) is 6.00. The van der Waals surface area contributed by atoms with Crippen molar-refractivity contribution in [1.82, 2.24) is 9.97 Å². The Morgan fingerprint density at radius 3 is 2.54 bits per heavy atom. The average molecular weight is 478 g/mol. The highest BCUT2D eigenvalue weighted by atomic mass is 16.5. The van der Waals surface area contributed by atoms with Crippen LogP contribution in [0.25, 0.3) is 55.1 Å². The number of anilines is 2. The van der Waals surface area contributed by atoms with E-state index in [1.165, 1.54) is 22.3 Å². The lowest BCUT2D eigenvalue weighted by atomic mass is 10.0. The molecule has 7 aromatic rings. The number of hydrogen-bond acceptors (Lipinski definition) is 5. The van der Waals surface area contributed by atoms with Crippen LogP contribution in [0, 0.1) is 6.92 Å². The van der Waals surface area contributed by atoms with Gasteiger partial charge in [0.2, 0.25) is 0 Å². The van der Waals surface area contributed by atoms with Gasteiger partial charge in [-0.2, -0.15) is 0 Å². The maximum absolute atomic E-state index is 6.46. The summed E-state index contributed by atoms with van der Waals surface area (Å²) in [6, 6.07) is 27.2. The van der Waals surface area contributed by atoms with Crippen molar-refractivity contribution in [1.29, 1.82) is 0 Å². The summed E-state index contributed by atoms with van der Waals surface area (Å²) in [6.07, 6.45) is 0.928. The fourth-order valence-corrected chi connectivity index (χ4v) is 6.00. The monoisotopic (exact) mass is 477 g/mol. The Morgan fingerprint density at radius 1 is 0.703 bits per heavy atom. The van der Waals surface area contributed by atoms with Gasteiger partial charge in [-0.3, -0.25) is 0 Å². The maximum Gasteiger partial charge on any atom is 0.158 e. The molecule has 1 aliphatic carbocycles. The molecule has 174 valence electrons. The van der Waals surface area contributed by atoms with E-state index >= 15 is 0 Å². The summed E-state index contributed by atoms with van der Waals surface area (Å²) in [5.41, 5.74) is 13.0. The fraction of sp³-hybridized carbons (Fsp3) is 0.0625. The molecule has 0 saturated heterocycles. The van der Waals surface area contributed by atoms with Gasteiger partial charge in [-0.05, 0) is 59.9 Å². The third-order valence-electron chi connectivity index (χ3n) is 7.80. The molecule has 0 bridgehead atoms. The van der Waals surface area contributed by atoms with Gasteiger partial charge < -0.3 is 14.5 Å². The van der Waals surface area contributed by atoms with Crippen LogP contribution in [-0.2, 0) is 6.42 Å². The Bertz CT molecular complexity index is 2140. The topological polar surface area (TPSA) is 60.2 Å². The lowest BCUT2D eigenvalue weighted by molar-refractivity contribution is 0.480. The molecule has 0 amide bonds. The number of aromatic nitrogens is 2. The molecule has 0 radical (unpaired) electrons. The standard InChI is InChI=1S/C32H19N3O2/c1-16-31-30(36-28-11-18-10-17-6-2-3-7-19(17)21(18)12-26(28)35-31)15-27-32(16)37-29-14-24-22(13-25(29)34-27)20-8-4-5-9-23(20)33-24/h2-9,11-15,35H,10H2,1H3. The molecule has 2 aliphatic rings. The molecular weight excluding hydrogens is 458 g/mol. The van der Waals surface area contributed by atoms with Gasteiger partial charge in [-0.15, -0.1) is 0 Å². The van der Waals surface area contributed by atoms with Crippen LogP contribution in [0.3, 0.4) is 0 Å². The summed E-state index contributed by atoms with van der Waals surface area (Å²) < 4.78 is 12.9. The first-order valence-electron chi connectivity index (χ1n) is 12.5. The van der Waals surface area contributed by atoms with Gasteiger partial charge in [-0.1, -0.05) is 42.5 Å². The largest absolute Gasteiger partial charge is 0.453 e. The second-order valence-corrected chi connectivity index (χ2v) is 9.97. The molecule has 1 aliphatic heterocycles. The highest BCUT2D eigenvalue weighted by Gasteiger charge is 2.26. The van der Waals surface area contributed by atoms with Gasteiger partial charge in [-0.25, -0.2) is 9.97 Å². The number of ether oxygens (including phenoxy) is 1. The molecule has 0 spiro atoms. The Morgan fingerprint density at radius 2 is 1.57 bits per heavy atom. The zero-order valence-electron chi connectivity index (χ0n) is 19.9. The summed E-state index contributed by atoms with van der Waals surface area (Å²) in [4.78, 5) is 9.78. The van der Waals surface area contributed by atoms with Gasteiger partial charge in [0, 0.05) is 28.5 Å². The molecule has 0 atom stereocenters. The normalized spacial score (nSPS) is 13.3. The number of rotatable bonds is 0. The van der Waals surface area contributed by atoms with Gasteiger partial charge >= 0.3 is 0 Å². The van der Waals surface area contributed by atoms with Crippen LogP contribution in [0.15, 0.2) is 83.3 Å². The number of hydrogen-bond donors (Lipinski definition) is 1. The summed E-state index contributed by atoms with van der Waals surface area (Å²) in [6.45, 7) is 2.05. The van der Waals surface area contributed by atoms with Crippen molar-refractivity contribution in [3.05, 3.63) is 95.6 Å². The first kappa shape index (κ1) is 19.3. The van der Waals surface area contributed by atoms with E-state index in [0.29, 0.717) is 0 Å². The van der Waals surface area contributed by atoms with Crippen LogP contribution >= 0.6 is 0 Å². The van der Waals surface area contributed by atoms with Crippen LogP contribution in [0.5, 0.6) is 11.5 Å². The molecule has 5 nitrogen and oxygen atoms in total. The molecule has 9 rings (SSSR count). The lowest BCUT2D eigenvalue weighted by Crippen LogP contribution is -2.06. The molecule has 0 unspecified atom stereocenters. The van der Waals surface area contributed by atoms with Crippen LogP contribution < -0.4 is 10.1 Å². The van der Waals surface area contributed by atoms with E-state index in [1.54, 1.807) is 0 Å². The van der Waals surface area contributed by atoms with E-state index in [9.17, 15) is 0 Å². The van der Waals surface area contributed by atoms with Crippen molar-refractivity contribution in [2.45, 2.75) is 13.3 Å². The quantitative estimate of drug-likeness (QED) is 0.222. The summed E-state index contributed by atoms with van der Waals surface area (Å²) in [7, 11) is 0. The highest BCUT2D eigenvalue weighted by Crippen LogP contribution is 2.50. The van der Waals surface area contributed by atoms with Crippen molar-refractivity contribution in [2.75, 3.05) is 5.32 Å². The summed E-state index contributed by atoms with van der Waals surface area (Å²) in [5, 5.41) is 5.84. The smallest absolute Gasteiger partial charge is 0.158 e. The Hall–Kier alpha value is -4.90. The lowest BCUT2D eigenvalue weighted by Gasteiger charge is -2.25. The first-order chi connectivity index (χ1) is 18.2. The van der Waals surface area contributed by atoms with Crippen molar-refractivity contribution in [2.24, 2.45) is 0 Å². The number of fused-ring (bicyclic) bond motifs is 10. The summed E-state index contributed by atoms with van der Waals surface area (Å²) in [5.74, 6) is 1.60. The van der Waals surface area contributed by atoms with Gasteiger partial charge in [0.25, 0.3) is 0 Å². The Kier molecular flexibility index (Phi) is 3.47. The minimum Gasteiger partial charge on any atom is -0.453 e. The molecular formula is C32H19N3O2. The summed E-state index contributed by atoms with van der Waals surface area (Å²) >= 11 is 0. The molecule has 0 fully saturated rings. The van der Waals surface area contributed by atoms with E-state index in [1.807, 2.05) is 30.3 Å². The third-order valence-corrected chi connectivity index (χ3v) is 7.80. The van der Waals surface area contributed by atoms with Crippen LogP contribution in [0.4, 0.5) is 11.4 Å². The minimum absolute atomic E-state index is 0.720. The number of nitrogens with one attached hydrogen (secondary N) is 1. The number of aryl methyl sites for hydroxylation is 1. The molecule has 5 aromatic carbocycles. The van der Waals surface area contributed by atoms with Crippen molar-refractivity contribution >= 4 is 55.4 Å². The average Bonchev–Trinajstić information content (AvgIpc) is 3.46. The molecule has 0 saturated carbocycles. The minimum atomic E-state index is 0.720. The van der Waals surface area contributed by atoms with E-state index in [4.69, 9.17) is 19.1 Å². The number of para-hydroxylation sites is 1. The van der Waals surface area contributed by atoms with Gasteiger partial charge in [0.05, 0.1) is 22.4 Å². The predicted octanol–water partition coefficient (Wildman–Crippen LogP) is 8.41. The first-order valence-corrected chi connectivity index (χ1v) is 12.5. The maximum atomic E-state index is 6.46. The van der Waals surface area contributed by atoms with Crippen LogP contribution in [0.2, 0.25) is 0 Å². The molecule has 37 heavy (non-hydrogen) atoms. The van der Waals surface area contributed by atoms with E-state index in [2.05, 4.69) is 60.8 Å². The van der Waals surface area contributed by atoms with Crippen molar-refractivity contribution in [3.63, 3.8) is 0 Å². The van der Waals surface area contributed by atoms with Crippen molar-refractivity contribution < 1.29 is 9.15 Å². The second kappa shape index (κ2) is 6.65. The zero-order valence-corrected chi connectivity index (χ0v) is 19.9. The zero-order chi connectivity index (χ0) is 24.2. The predicted molar refractivity (Wildman–Crippen MR) is 147 cm³/mol. The van der Waals surface area contributed by atoms with Crippen LogP contribution in [0.1, 0.15) is 16.7 Å². The second-order valence-electron chi connectivity index (χ2n) is 9.97. The Balaban J connectivity index is 1.22. The molecule has 2 aromatic heterocycles. The Labute approximate surface area is 211 Å². The highest BCUT2D eigenvalue weighted by molar-refractivity contribution is 6.11. The number of benzene rings is 5. The van der Waals surface area contributed by atoms with Gasteiger partial charge in [0.15, 0.2) is 22.7 Å².